The second kappa shape index (κ2) is 7.27. The molecule has 2 heteroatoms. The van der Waals surface area contributed by atoms with Gasteiger partial charge in [-0.15, -0.1) is 0 Å². The number of hydrogen-bond donors (Lipinski definition) is 0. The zero-order valence-corrected chi connectivity index (χ0v) is 9.45. The Morgan fingerprint density at radius 2 is 1.57 bits per heavy atom. The van der Waals surface area contributed by atoms with E-state index in [2.05, 4.69) is 0 Å². The van der Waals surface area contributed by atoms with E-state index in [0.717, 1.165) is 5.56 Å². The maximum absolute atomic E-state index is 11.0. The molecule has 0 radical (unpaired) electrons. The molecule has 14 heavy (non-hydrogen) atoms. The zero-order chi connectivity index (χ0) is 11.0. The number of Topliss-reactive ketones (excluding diaryl/α,β-unsaturated/α-hetero) is 1. The molecule has 1 rings (SSSR count). The highest BCUT2D eigenvalue weighted by atomic mass is 16.1. The standard InChI is InChI=1S/C9H10O.C3H9N/c1-2-9(10)8-6-4-3-5-7-8;1-4(2)3/h3-7H,2H2,1H3;1-3H3. The molecule has 0 unspecified atom stereocenters. The van der Waals surface area contributed by atoms with Crippen LogP contribution in [0.5, 0.6) is 0 Å². The summed E-state index contributed by atoms with van der Waals surface area (Å²) in [6.07, 6.45) is 0.587. The molecule has 0 atom stereocenters. The Morgan fingerprint density at radius 3 is 1.93 bits per heavy atom. The minimum Gasteiger partial charge on any atom is -0.312 e. The van der Waals surface area contributed by atoms with Gasteiger partial charge >= 0.3 is 0 Å². The monoisotopic (exact) mass is 193 g/mol. The topological polar surface area (TPSA) is 20.3 Å². The summed E-state index contributed by atoms with van der Waals surface area (Å²) in [6.45, 7) is 1.87. The molecule has 2 nitrogen and oxygen atoms in total. The summed E-state index contributed by atoms with van der Waals surface area (Å²) in [5, 5.41) is 0. The van der Waals surface area contributed by atoms with Crippen LogP contribution < -0.4 is 0 Å². The third kappa shape index (κ3) is 6.38. The highest BCUT2D eigenvalue weighted by Gasteiger charge is 1.98. The Morgan fingerprint density at radius 1 is 1.14 bits per heavy atom. The van der Waals surface area contributed by atoms with Crippen molar-refractivity contribution in [3.05, 3.63) is 35.9 Å². The summed E-state index contributed by atoms with van der Waals surface area (Å²) in [7, 11) is 6.00. The smallest absolute Gasteiger partial charge is 0.162 e. The first kappa shape index (κ1) is 12.8. The number of nitrogens with zero attached hydrogens (tertiary/aromatic N) is 1. The molecule has 0 aromatic heterocycles. The van der Waals surface area contributed by atoms with Crippen molar-refractivity contribution in [3.8, 4) is 0 Å². The maximum Gasteiger partial charge on any atom is 0.162 e. The number of hydrogen-bond acceptors (Lipinski definition) is 2. The molecule has 0 saturated heterocycles. The SMILES string of the molecule is CCC(=O)c1ccccc1.CN(C)C. The fourth-order valence-electron chi connectivity index (χ4n) is 0.828. The van der Waals surface area contributed by atoms with Gasteiger partial charge in [0.2, 0.25) is 0 Å². The van der Waals surface area contributed by atoms with Gasteiger partial charge in [-0.2, -0.15) is 0 Å². The van der Waals surface area contributed by atoms with Crippen molar-refractivity contribution >= 4 is 5.78 Å². The van der Waals surface area contributed by atoms with Gasteiger partial charge in [0.25, 0.3) is 0 Å². The lowest BCUT2D eigenvalue weighted by Gasteiger charge is -1.93. The second-order valence-corrected chi connectivity index (χ2v) is 3.48. The first-order valence-electron chi connectivity index (χ1n) is 4.77. The highest BCUT2D eigenvalue weighted by molar-refractivity contribution is 5.95. The number of rotatable bonds is 2. The third-order valence-electron chi connectivity index (χ3n) is 1.42. The molecule has 0 aliphatic rings. The number of benzene rings is 1. The first-order chi connectivity index (χ1) is 6.57. The van der Waals surface area contributed by atoms with Crippen molar-refractivity contribution < 1.29 is 4.79 Å². The highest BCUT2D eigenvalue weighted by Crippen LogP contribution is 2.01. The van der Waals surface area contributed by atoms with E-state index in [1.807, 2.05) is 63.3 Å². The molecule has 0 saturated carbocycles. The predicted octanol–water partition coefficient (Wildman–Crippen LogP) is 2.46. The summed E-state index contributed by atoms with van der Waals surface area (Å²) in [5.74, 6) is 0.209. The van der Waals surface area contributed by atoms with Crippen LogP contribution in [0.4, 0.5) is 0 Å². The van der Waals surface area contributed by atoms with Crippen molar-refractivity contribution in [2.45, 2.75) is 13.3 Å². The van der Waals surface area contributed by atoms with E-state index in [-0.39, 0.29) is 5.78 Å². The summed E-state index contributed by atoms with van der Waals surface area (Å²) in [6, 6.07) is 9.34. The maximum atomic E-state index is 11.0. The molecule has 0 N–H and O–H groups in total. The van der Waals surface area contributed by atoms with Crippen LogP contribution in [-0.2, 0) is 0 Å². The Bertz CT molecular complexity index is 252. The van der Waals surface area contributed by atoms with Crippen molar-refractivity contribution in [2.75, 3.05) is 21.1 Å². The van der Waals surface area contributed by atoms with Crippen molar-refractivity contribution in [1.29, 1.82) is 0 Å². The third-order valence-corrected chi connectivity index (χ3v) is 1.42. The summed E-state index contributed by atoms with van der Waals surface area (Å²) in [5.41, 5.74) is 0.810. The molecule has 78 valence electrons. The van der Waals surface area contributed by atoms with E-state index in [4.69, 9.17) is 0 Å². The van der Waals surface area contributed by atoms with Crippen molar-refractivity contribution in [2.24, 2.45) is 0 Å². The molecule has 0 amide bonds. The van der Waals surface area contributed by atoms with Crippen LogP contribution >= 0.6 is 0 Å². The van der Waals surface area contributed by atoms with E-state index >= 15 is 0 Å². The average Bonchev–Trinajstić information content (AvgIpc) is 2.17. The van der Waals surface area contributed by atoms with E-state index in [9.17, 15) is 4.79 Å². The first-order valence-corrected chi connectivity index (χ1v) is 4.77. The van der Waals surface area contributed by atoms with Crippen LogP contribution in [0.3, 0.4) is 0 Å². The summed E-state index contributed by atoms with van der Waals surface area (Å²) < 4.78 is 0. The van der Waals surface area contributed by atoms with Gasteiger partial charge in [0.15, 0.2) is 5.78 Å². The Hall–Kier alpha value is -1.15. The Balaban J connectivity index is 0.000000364. The predicted molar refractivity (Wildman–Crippen MR) is 60.7 cm³/mol. The van der Waals surface area contributed by atoms with Gasteiger partial charge in [0, 0.05) is 12.0 Å². The van der Waals surface area contributed by atoms with E-state index < -0.39 is 0 Å². The van der Waals surface area contributed by atoms with E-state index in [1.165, 1.54) is 0 Å². The van der Waals surface area contributed by atoms with E-state index in [1.54, 1.807) is 0 Å². The van der Waals surface area contributed by atoms with Crippen molar-refractivity contribution in [3.63, 3.8) is 0 Å². The number of ketones is 1. The van der Waals surface area contributed by atoms with Crippen LogP contribution in [-0.4, -0.2) is 31.8 Å². The zero-order valence-electron chi connectivity index (χ0n) is 9.45. The Kier molecular flexibility index (Phi) is 6.68. The molecule has 0 spiro atoms. The Labute approximate surface area is 86.5 Å². The largest absolute Gasteiger partial charge is 0.312 e. The van der Waals surface area contributed by atoms with Crippen LogP contribution in [0, 0.1) is 0 Å². The van der Waals surface area contributed by atoms with Crippen LogP contribution in [0.2, 0.25) is 0 Å². The normalized spacial score (nSPS) is 9.21. The average molecular weight is 193 g/mol. The van der Waals surface area contributed by atoms with Gasteiger partial charge in [-0.3, -0.25) is 4.79 Å². The van der Waals surface area contributed by atoms with Crippen LogP contribution in [0.15, 0.2) is 30.3 Å². The fourth-order valence-corrected chi connectivity index (χ4v) is 0.828. The van der Waals surface area contributed by atoms with Gasteiger partial charge in [-0.25, -0.2) is 0 Å². The number of carbonyl (C=O) groups excluding carboxylic acids is 1. The lowest BCUT2D eigenvalue weighted by molar-refractivity contribution is 0.0988. The van der Waals surface area contributed by atoms with E-state index in [0.29, 0.717) is 6.42 Å². The lowest BCUT2D eigenvalue weighted by Crippen LogP contribution is -1.99. The summed E-state index contributed by atoms with van der Waals surface area (Å²) >= 11 is 0. The molecule has 1 aromatic rings. The summed E-state index contributed by atoms with van der Waals surface area (Å²) in [4.78, 5) is 13.0. The molecule has 0 fully saturated rings. The van der Waals surface area contributed by atoms with Gasteiger partial charge in [-0.05, 0) is 21.1 Å². The van der Waals surface area contributed by atoms with Gasteiger partial charge in [0.05, 0.1) is 0 Å². The van der Waals surface area contributed by atoms with Crippen LogP contribution in [0.25, 0.3) is 0 Å². The lowest BCUT2D eigenvalue weighted by atomic mass is 10.1. The van der Waals surface area contributed by atoms with Gasteiger partial charge in [-0.1, -0.05) is 37.3 Å². The molecule has 1 aromatic carbocycles. The number of carbonyl (C=O) groups is 1. The molecule has 0 aliphatic carbocycles. The quantitative estimate of drug-likeness (QED) is 0.672. The minimum atomic E-state index is 0.209. The molecule has 0 heterocycles. The molecular formula is C12H19NO. The van der Waals surface area contributed by atoms with Gasteiger partial charge < -0.3 is 4.90 Å². The second-order valence-electron chi connectivity index (χ2n) is 3.48. The molecular weight excluding hydrogens is 174 g/mol. The molecule has 0 bridgehead atoms. The van der Waals surface area contributed by atoms with Crippen LogP contribution in [0.1, 0.15) is 23.7 Å². The molecule has 0 aliphatic heterocycles. The fraction of sp³-hybridized carbons (Fsp3) is 0.417. The van der Waals surface area contributed by atoms with Gasteiger partial charge in [0.1, 0.15) is 0 Å². The van der Waals surface area contributed by atoms with Crippen molar-refractivity contribution in [1.82, 2.24) is 4.90 Å². The minimum absolute atomic E-state index is 0.209.